The lowest BCUT2D eigenvalue weighted by Gasteiger charge is -2.25. The Morgan fingerprint density at radius 2 is 1.44 bits per heavy atom. The number of thioether (sulfide) groups is 1. The molecule has 4 atom stereocenters. The maximum Gasteiger partial charge on any atom is 0.326 e. The smallest absolute Gasteiger partial charge is 0.326 e. The predicted molar refractivity (Wildman–Crippen MR) is 135 cm³/mol. The van der Waals surface area contributed by atoms with Gasteiger partial charge in [0, 0.05) is 6.42 Å². The molecule has 0 radical (unpaired) electrons. The molecule has 13 heteroatoms. The molecule has 0 aliphatic carbocycles. The summed E-state index contributed by atoms with van der Waals surface area (Å²) in [6.45, 7) is 3.42. The second kappa shape index (κ2) is 14.9. The lowest BCUT2D eigenvalue weighted by atomic mass is 10.0. The van der Waals surface area contributed by atoms with Gasteiger partial charge in [0.25, 0.3) is 0 Å². The molecule has 4 amide bonds. The van der Waals surface area contributed by atoms with Crippen molar-refractivity contribution in [3.05, 3.63) is 29.8 Å². The minimum Gasteiger partial charge on any atom is -0.508 e. The highest BCUT2D eigenvalue weighted by molar-refractivity contribution is 7.98. The van der Waals surface area contributed by atoms with Crippen LogP contribution in [0.1, 0.15) is 32.3 Å². The van der Waals surface area contributed by atoms with Crippen LogP contribution in [0, 0.1) is 5.92 Å². The molecule has 1 rings (SSSR count). The third-order valence-electron chi connectivity index (χ3n) is 5.29. The Hall–Kier alpha value is -3.32. The molecule has 9 N–H and O–H groups in total. The van der Waals surface area contributed by atoms with E-state index in [4.69, 9.17) is 11.5 Å². The summed E-state index contributed by atoms with van der Waals surface area (Å²) in [5.41, 5.74) is 11.6. The Bertz CT molecular complexity index is 926. The standard InChI is InChI=1S/C23H35N5O7S/c1-12(2)19(25)22(33)28-17(11-18(24)30)21(32)27-16(10-13-4-6-14(29)7-5-13)20(31)26-15(23(34)35)8-9-36-3/h4-7,12,15-17,19,29H,8-11,25H2,1-3H3,(H2,24,30)(H,26,31)(H,27,32)(H,28,33)(H,34,35). The van der Waals surface area contributed by atoms with E-state index in [9.17, 15) is 34.2 Å². The third kappa shape index (κ3) is 10.5. The minimum absolute atomic E-state index is 0.00230. The zero-order valence-electron chi connectivity index (χ0n) is 20.5. The molecule has 1 aromatic carbocycles. The van der Waals surface area contributed by atoms with Crippen molar-refractivity contribution in [2.75, 3.05) is 12.0 Å². The van der Waals surface area contributed by atoms with Crippen molar-refractivity contribution in [3.63, 3.8) is 0 Å². The van der Waals surface area contributed by atoms with Crippen molar-refractivity contribution >= 4 is 41.4 Å². The van der Waals surface area contributed by atoms with Gasteiger partial charge in [0.05, 0.1) is 12.5 Å². The van der Waals surface area contributed by atoms with E-state index in [1.165, 1.54) is 36.0 Å². The van der Waals surface area contributed by atoms with Crippen LogP contribution in [0.2, 0.25) is 0 Å². The molecule has 0 heterocycles. The number of carboxylic acid groups (broad SMARTS) is 1. The second-order valence-corrected chi connectivity index (χ2v) is 9.60. The summed E-state index contributed by atoms with van der Waals surface area (Å²) in [5, 5.41) is 26.3. The van der Waals surface area contributed by atoms with Crippen molar-refractivity contribution in [3.8, 4) is 5.75 Å². The number of aromatic hydroxyl groups is 1. The molecular weight excluding hydrogens is 490 g/mol. The van der Waals surface area contributed by atoms with E-state index >= 15 is 0 Å². The number of nitrogens with one attached hydrogen (secondary N) is 3. The van der Waals surface area contributed by atoms with Crippen molar-refractivity contribution in [2.24, 2.45) is 17.4 Å². The molecule has 0 fully saturated rings. The van der Waals surface area contributed by atoms with Gasteiger partial charge in [-0.15, -0.1) is 0 Å². The lowest BCUT2D eigenvalue weighted by Crippen LogP contribution is -2.58. The number of aliphatic carboxylic acids is 1. The number of carbonyl (C=O) groups is 5. The first-order valence-electron chi connectivity index (χ1n) is 11.3. The van der Waals surface area contributed by atoms with Crippen LogP contribution < -0.4 is 27.4 Å². The Morgan fingerprint density at radius 1 is 0.917 bits per heavy atom. The molecule has 200 valence electrons. The summed E-state index contributed by atoms with van der Waals surface area (Å²) in [7, 11) is 0. The number of carbonyl (C=O) groups excluding carboxylic acids is 4. The summed E-state index contributed by atoms with van der Waals surface area (Å²) >= 11 is 1.41. The van der Waals surface area contributed by atoms with Gasteiger partial charge in [0.2, 0.25) is 23.6 Å². The van der Waals surface area contributed by atoms with Gasteiger partial charge < -0.3 is 37.6 Å². The monoisotopic (exact) mass is 525 g/mol. The second-order valence-electron chi connectivity index (χ2n) is 8.61. The largest absolute Gasteiger partial charge is 0.508 e. The van der Waals surface area contributed by atoms with E-state index in [0.29, 0.717) is 11.3 Å². The highest BCUT2D eigenvalue weighted by atomic mass is 32.2. The molecule has 0 aromatic heterocycles. The minimum atomic E-state index is -1.40. The molecule has 0 aliphatic heterocycles. The van der Waals surface area contributed by atoms with Crippen molar-refractivity contribution < 1.29 is 34.2 Å². The van der Waals surface area contributed by atoms with Gasteiger partial charge in [-0.3, -0.25) is 19.2 Å². The molecule has 4 unspecified atom stereocenters. The van der Waals surface area contributed by atoms with E-state index < -0.39 is 60.2 Å². The molecule has 1 aromatic rings. The number of benzene rings is 1. The van der Waals surface area contributed by atoms with E-state index in [1.807, 2.05) is 0 Å². The Kier molecular flexibility index (Phi) is 12.7. The lowest BCUT2D eigenvalue weighted by molar-refractivity contribution is -0.142. The quantitative estimate of drug-likeness (QED) is 0.151. The van der Waals surface area contributed by atoms with Crippen molar-refractivity contribution in [1.82, 2.24) is 16.0 Å². The maximum atomic E-state index is 13.0. The predicted octanol–water partition coefficient (Wildman–Crippen LogP) is -0.914. The van der Waals surface area contributed by atoms with Gasteiger partial charge in [-0.25, -0.2) is 4.79 Å². The molecule has 0 spiro atoms. The van der Waals surface area contributed by atoms with Crippen LogP contribution in [0.25, 0.3) is 0 Å². The van der Waals surface area contributed by atoms with Gasteiger partial charge in [-0.1, -0.05) is 26.0 Å². The van der Waals surface area contributed by atoms with Gasteiger partial charge in [0.1, 0.15) is 23.9 Å². The van der Waals surface area contributed by atoms with E-state index in [1.54, 1.807) is 20.1 Å². The number of carboxylic acids is 1. The molecule has 0 saturated carbocycles. The first-order chi connectivity index (χ1) is 16.8. The number of phenols is 1. The fourth-order valence-electron chi connectivity index (χ4n) is 3.10. The van der Waals surface area contributed by atoms with E-state index in [2.05, 4.69) is 16.0 Å². The van der Waals surface area contributed by atoms with Gasteiger partial charge >= 0.3 is 5.97 Å². The van der Waals surface area contributed by atoms with Crippen LogP contribution in [-0.2, 0) is 30.4 Å². The van der Waals surface area contributed by atoms with E-state index in [0.717, 1.165) is 0 Å². The van der Waals surface area contributed by atoms with Crippen molar-refractivity contribution in [2.45, 2.75) is 57.3 Å². The normalized spacial score (nSPS) is 14.2. The molecule has 0 saturated heterocycles. The van der Waals surface area contributed by atoms with Crippen LogP contribution in [0.15, 0.2) is 24.3 Å². The van der Waals surface area contributed by atoms with Crippen LogP contribution in [-0.4, -0.2) is 76.0 Å². The fraction of sp³-hybridized carbons (Fsp3) is 0.522. The third-order valence-corrected chi connectivity index (χ3v) is 5.94. The van der Waals surface area contributed by atoms with Crippen LogP contribution in [0.5, 0.6) is 5.75 Å². The topological polar surface area (TPSA) is 214 Å². The number of hydrogen-bond donors (Lipinski definition) is 7. The first kappa shape index (κ1) is 30.7. The zero-order valence-corrected chi connectivity index (χ0v) is 21.3. The van der Waals surface area contributed by atoms with Crippen LogP contribution >= 0.6 is 11.8 Å². The highest BCUT2D eigenvalue weighted by Crippen LogP contribution is 2.12. The molecule has 36 heavy (non-hydrogen) atoms. The fourth-order valence-corrected chi connectivity index (χ4v) is 3.57. The number of phenolic OH excluding ortho intramolecular Hbond substituents is 1. The summed E-state index contributed by atoms with van der Waals surface area (Å²) in [6.07, 6.45) is 1.36. The Balaban J connectivity index is 3.16. The summed E-state index contributed by atoms with van der Waals surface area (Å²) in [5.74, 6) is -4.17. The zero-order chi connectivity index (χ0) is 27.4. The summed E-state index contributed by atoms with van der Waals surface area (Å²) < 4.78 is 0. The number of primary amides is 1. The van der Waals surface area contributed by atoms with E-state index in [-0.39, 0.29) is 24.5 Å². The summed E-state index contributed by atoms with van der Waals surface area (Å²) in [4.78, 5) is 61.7. The number of hydrogen-bond acceptors (Lipinski definition) is 8. The van der Waals surface area contributed by atoms with Gasteiger partial charge in [-0.05, 0) is 42.0 Å². The average Bonchev–Trinajstić information content (AvgIpc) is 2.80. The highest BCUT2D eigenvalue weighted by Gasteiger charge is 2.31. The Labute approximate surface area is 213 Å². The average molecular weight is 526 g/mol. The first-order valence-corrected chi connectivity index (χ1v) is 12.7. The molecule has 12 nitrogen and oxygen atoms in total. The SMILES string of the molecule is CSCCC(NC(=O)C(Cc1ccc(O)cc1)NC(=O)C(CC(N)=O)NC(=O)C(N)C(C)C)C(=O)O. The van der Waals surface area contributed by atoms with Crippen LogP contribution in [0.4, 0.5) is 0 Å². The number of amides is 4. The van der Waals surface area contributed by atoms with Crippen LogP contribution in [0.3, 0.4) is 0 Å². The maximum absolute atomic E-state index is 13.0. The number of rotatable bonds is 15. The Morgan fingerprint density at radius 3 is 1.94 bits per heavy atom. The van der Waals surface area contributed by atoms with Gasteiger partial charge in [0.15, 0.2) is 0 Å². The molecule has 0 bridgehead atoms. The van der Waals surface area contributed by atoms with Gasteiger partial charge in [-0.2, -0.15) is 11.8 Å². The number of nitrogens with two attached hydrogens (primary N) is 2. The molecule has 0 aliphatic rings. The molecular formula is C23H35N5O7S. The summed E-state index contributed by atoms with van der Waals surface area (Å²) in [6, 6.07) is 1.07. The van der Waals surface area contributed by atoms with Crippen molar-refractivity contribution in [1.29, 1.82) is 0 Å².